The summed E-state index contributed by atoms with van der Waals surface area (Å²) in [5.41, 5.74) is 9.66. The number of nitrogens with one attached hydrogen (secondary N) is 1. The molecule has 2 aromatic rings. The van der Waals surface area contributed by atoms with Gasteiger partial charge in [0.25, 0.3) is 0 Å². The highest BCUT2D eigenvalue weighted by molar-refractivity contribution is 5.76. The molecule has 1 heterocycles. The van der Waals surface area contributed by atoms with Crippen LogP contribution in [0.25, 0.3) is 11.0 Å². The van der Waals surface area contributed by atoms with Crippen molar-refractivity contribution in [2.75, 3.05) is 0 Å². The fourth-order valence-electron chi connectivity index (χ4n) is 3.21. The van der Waals surface area contributed by atoms with Crippen molar-refractivity contribution in [2.24, 2.45) is 11.7 Å². The topological polar surface area (TPSA) is 54.7 Å². The number of nitrogens with zero attached hydrogens (tertiary/aromatic N) is 1. The van der Waals surface area contributed by atoms with Crippen LogP contribution in [-0.4, -0.2) is 9.97 Å². The second-order valence-corrected chi connectivity index (χ2v) is 6.50. The van der Waals surface area contributed by atoms with Gasteiger partial charge in [0.05, 0.1) is 11.0 Å². The van der Waals surface area contributed by atoms with Gasteiger partial charge in [-0.1, -0.05) is 39.2 Å². The molecule has 20 heavy (non-hydrogen) atoms. The number of fused-ring (bicyclic) bond motifs is 1. The van der Waals surface area contributed by atoms with E-state index in [1.807, 2.05) is 0 Å². The largest absolute Gasteiger partial charge is 0.342 e. The Morgan fingerprint density at radius 1 is 1.20 bits per heavy atom. The highest BCUT2D eigenvalue weighted by Crippen LogP contribution is 2.32. The van der Waals surface area contributed by atoms with E-state index in [9.17, 15) is 0 Å². The van der Waals surface area contributed by atoms with Gasteiger partial charge < -0.3 is 10.7 Å². The average molecular weight is 271 g/mol. The Hall–Kier alpha value is -1.35. The molecule has 0 aliphatic heterocycles. The molecule has 3 nitrogen and oxygen atoms in total. The lowest BCUT2D eigenvalue weighted by Gasteiger charge is -2.19. The van der Waals surface area contributed by atoms with E-state index < -0.39 is 0 Å². The van der Waals surface area contributed by atoms with E-state index in [4.69, 9.17) is 10.7 Å². The predicted octanol–water partition coefficient (Wildman–Crippen LogP) is 4.27. The second-order valence-electron chi connectivity index (χ2n) is 6.50. The van der Waals surface area contributed by atoms with Gasteiger partial charge in [-0.25, -0.2) is 4.98 Å². The number of hydrogen-bond donors (Lipinski definition) is 2. The molecule has 1 saturated carbocycles. The second kappa shape index (κ2) is 5.57. The number of rotatable bonds is 3. The number of imidazole rings is 1. The van der Waals surface area contributed by atoms with Crippen LogP contribution < -0.4 is 5.73 Å². The quantitative estimate of drug-likeness (QED) is 0.876. The van der Waals surface area contributed by atoms with E-state index in [0.29, 0.717) is 11.8 Å². The lowest BCUT2D eigenvalue weighted by molar-refractivity contribution is 0.431. The van der Waals surface area contributed by atoms with Crippen LogP contribution in [0, 0.1) is 5.92 Å². The molecular weight excluding hydrogens is 246 g/mol. The zero-order valence-corrected chi connectivity index (χ0v) is 12.5. The van der Waals surface area contributed by atoms with Gasteiger partial charge in [-0.2, -0.15) is 0 Å². The normalized spacial score (nSPS) is 18.8. The maximum Gasteiger partial charge on any atom is 0.110 e. The Morgan fingerprint density at radius 2 is 1.95 bits per heavy atom. The summed E-state index contributed by atoms with van der Waals surface area (Å²) in [5.74, 6) is 2.25. The summed E-state index contributed by atoms with van der Waals surface area (Å²) in [4.78, 5) is 8.32. The number of H-pyrrole nitrogens is 1. The average Bonchev–Trinajstić information content (AvgIpc) is 2.90. The van der Waals surface area contributed by atoms with Crippen molar-refractivity contribution in [1.82, 2.24) is 9.97 Å². The van der Waals surface area contributed by atoms with Crippen LogP contribution in [-0.2, 0) is 0 Å². The number of hydrogen-bond acceptors (Lipinski definition) is 2. The Morgan fingerprint density at radius 3 is 2.65 bits per heavy atom. The van der Waals surface area contributed by atoms with E-state index >= 15 is 0 Å². The first-order valence-corrected chi connectivity index (χ1v) is 7.90. The van der Waals surface area contributed by atoms with Crippen LogP contribution in [0.15, 0.2) is 18.2 Å². The summed E-state index contributed by atoms with van der Waals surface area (Å²) in [5, 5.41) is 0. The van der Waals surface area contributed by atoms with E-state index in [-0.39, 0.29) is 6.04 Å². The van der Waals surface area contributed by atoms with Crippen LogP contribution in [0.3, 0.4) is 0 Å². The minimum atomic E-state index is 0.0980. The third-order valence-electron chi connectivity index (χ3n) is 4.62. The van der Waals surface area contributed by atoms with Gasteiger partial charge in [0.15, 0.2) is 0 Å². The first kappa shape index (κ1) is 13.6. The standard InChI is InChI=1S/C17H25N3/c1-11(2)16(18)13-8-9-14-15(10-13)20-17(19-14)12-6-4-3-5-7-12/h8-12,16H,3-7,18H2,1-2H3,(H,19,20). The molecule has 0 spiro atoms. The molecule has 1 aromatic heterocycles. The minimum Gasteiger partial charge on any atom is -0.342 e. The van der Waals surface area contributed by atoms with Gasteiger partial charge >= 0.3 is 0 Å². The number of nitrogens with two attached hydrogens (primary N) is 1. The molecule has 0 bridgehead atoms. The van der Waals surface area contributed by atoms with Crippen LogP contribution in [0.4, 0.5) is 0 Å². The first-order valence-electron chi connectivity index (χ1n) is 7.90. The zero-order valence-electron chi connectivity index (χ0n) is 12.5. The van der Waals surface area contributed by atoms with Gasteiger partial charge in [0.1, 0.15) is 5.82 Å². The molecule has 3 heteroatoms. The van der Waals surface area contributed by atoms with Crippen molar-refractivity contribution in [3.8, 4) is 0 Å². The van der Waals surface area contributed by atoms with Crippen molar-refractivity contribution in [1.29, 1.82) is 0 Å². The summed E-state index contributed by atoms with van der Waals surface area (Å²) >= 11 is 0. The highest BCUT2D eigenvalue weighted by Gasteiger charge is 2.19. The Balaban J connectivity index is 1.90. The molecule has 3 rings (SSSR count). The van der Waals surface area contributed by atoms with E-state index in [1.54, 1.807) is 0 Å². The Bertz CT molecular complexity index is 579. The highest BCUT2D eigenvalue weighted by atomic mass is 14.9. The maximum atomic E-state index is 6.24. The first-order chi connectivity index (χ1) is 9.65. The summed E-state index contributed by atoms with van der Waals surface area (Å²) < 4.78 is 0. The minimum absolute atomic E-state index is 0.0980. The summed E-state index contributed by atoms with van der Waals surface area (Å²) in [6.45, 7) is 4.32. The molecule has 0 saturated heterocycles. The van der Waals surface area contributed by atoms with Gasteiger partial charge in [0.2, 0.25) is 0 Å². The molecule has 1 aliphatic carbocycles. The van der Waals surface area contributed by atoms with Gasteiger partial charge in [0, 0.05) is 12.0 Å². The van der Waals surface area contributed by atoms with Crippen LogP contribution in [0.1, 0.15) is 69.3 Å². The van der Waals surface area contributed by atoms with Crippen LogP contribution in [0.2, 0.25) is 0 Å². The van der Waals surface area contributed by atoms with Gasteiger partial charge in [-0.3, -0.25) is 0 Å². The number of aromatic amines is 1. The monoisotopic (exact) mass is 271 g/mol. The molecule has 108 valence electrons. The molecule has 0 amide bonds. The summed E-state index contributed by atoms with van der Waals surface area (Å²) in [7, 11) is 0. The molecule has 1 aliphatic rings. The third-order valence-corrected chi connectivity index (χ3v) is 4.62. The molecule has 1 fully saturated rings. The van der Waals surface area contributed by atoms with Crippen molar-refractivity contribution in [3.63, 3.8) is 0 Å². The van der Waals surface area contributed by atoms with E-state index in [2.05, 4.69) is 37.0 Å². The molecular formula is C17H25N3. The van der Waals surface area contributed by atoms with E-state index in [1.165, 1.54) is 43.5 Å². The zero-order chi connectivity index (χ0) is 14.1. The van der Waals surface area contributed by atoms with Crippen molar-refractivity contribution in [3.05, 3.63) is 29.6 Å². The summed E-state index contributed by atoms with van der Waals surface area (Å²) in [6.07, 6.45) is 6.61. The fraction of sp³-hybridized carbons (Fsp3) is 0.588. The van der Waals surface area contributed by atoms with Crippen molar-refractivity contribution in [2.45, 2.75) is 57.9 Å². The molecule has 1 unspecified atom stereocenters. The molecule has 1 aromatic carbocycles. The smallest absolute Gasteiger partial charge is 0.110 e. The van der Waals surface area contributed by atoms with Gasteiger partial charge in [-0.15, -0.1) is 0 Å². The lowest BCUT2D eigenvalue weighted by atomic mass is 9.89. The molecule has 0 radical (unpaired) electrons. The molecule has 1 atom stereocenters. The Labute approximate surface area is 121 Å². The maximum absolute atomic E-state index is 6.24. The van der Waals surface area contributed by atoms with Crippen LogP contribution in [0.5, 0.6) is 0 Å². The predicted molar refractivity (Wildman–Crippen MR) is 83.7 cm³/mol. The SMILES string of the molecule is CC(C)C(N)c1ccc2nc(C3CCCCC3)[nH]c2c1. The number of aromatic nitrogens is 2. The summed E-state index contributed by atoms with van der Waals surface area (Å²) in [6, 6.07) is 6.51. The van der Waals surface area contributed by atoms with Gasteiger partial charge in [-0.05, 0) is 36.5 Å². The third kappa shape index (κ3) is 2.59. The van der Waals surface area contributed by atoms with Crippen LogP contribution >= 0.6 is 0 Å². The molecule has 3 N–H and O–H groups in total. The Kier molecular flexibility index (Phi) is 3.79. The lowest BCUT2D eigenvalue weighted by Crippen LogP contribution is -2.16. The number of benzene rings is 1. The fourth-order valence-corrected chi connectivity index (χ4v) is 3.21. The van der Waals surface area contributed by atoms with Crippen molar-refractivity contribution >= 4 is 11.0 Å². The van der Waals surface area contributed by atoms with E-state index in [0.717, 1.165) is 11.0 Å². The van der Waals surface area contributed by atoms with Crippen molar-refractivity contribution < 1.29 is 0 Å².